The van der Waals surface area contributed by atoms with Crippen molar-refractivity contribution in [1.82, 2.24) is 19.5 Å². The van der Waals surface area contributed by atoms with E-state index >= 15 is 0 Å². The fourth-order valence-electron chi connectivity index (χ4n) is 4.14. The van der Waals surface area contributed by atoms with Gasteiger partial charge in [0.25, 0.3) is 5.91 Å². The standard InChI is InChI=1S/C26H27F2N5O4/c1-15-4-5-17(22-31-24(37-32-22)18-10-26(27,28)11-18)9-19(15)30-23(34)20-12-29-21-8-16(6-7-33(20)21)13-36-14-25(2,3)35/h4-9,12,18,35H,10-11,13-14H2,1-3H3,(H,30,34). The Hall–Kier alpha value is -3.70. The monoisotopic (exact) mass is 511 g/mol. The molecule has 1 aliphatic carbocycles. The van der Waals surface area contributed by atoms with Crippen molar-refractivity contribution in [3.05, 3.63) is 65.4 Å². The SMILES string of the molecule is Cc1ccc(-c2noc(C3CC(F)(F)C3)n2)cc1NC(=O)c1cnc2cc(COCC(C)(C)O)ccn12. The lowest BCUT2D eigenvalue weighted by molar-refractivity contribution is -0.0925. The van der Waals surface area contributed by atoms with E-state index in [1.807, 2.05) is 25.1 Å². The highest BCUT2D eigenvalue weighted by atomic mass is 19.3. The first-order valence-corrected chi connectivity index (χ1v) is 11.9. The Kier molecular flexibility index (Phi) is 6.28. The smallest absolute Gasteiger partial charge is 0.274 e. The predicted octanol–water partition coefficient (Wildman–Crippen LogP) is 4.75. The highest BCUT2D eigenvalue weighted by Crippen LogP contribution is 2.48. The number of carbonyl (C=O) groups is 1. The van der Waals surface area contributed by atoms with Crippen LogP contribution in [-0.4, -0.2) is 48.7 Å². The number of pyridine rings is 1. The van der Waals surface area contributed by atoms with Gasteiger partial charge in [0.15, 0.2) is 0 Å². The van der Waals surface area contributed by atoms with E-state index in [0.717, 1.165) is 11.1 Å². The summed E-state index contributed by atoms with van der Waals surface area (Å²) in [6, 6.07) is 8.96. The molecule has 1 saturated carbocycles. The second-order valence-electron chi connectivity index (χ2n) is 10.1. The van der Waals surface area contributed by atoms with Crippen LogP contribution in [0.25, 0.3) is 17.0 Å². The molecule has 0 bridgehead atoms. The van der Waals surface area contributed by atoms with E-state index in [0.29, 0.717) is 29.2 Å². The van der Waals surface area contributed by atoms with Crippen LogP contribution in [0.3, 0.4) is 0 Å². The Bertz CT molecular complexity index is 1450. The number of hydrogen-bond donors (Lipinski definition) is 2. The number of nitrogens with zero attached hydrogens (tertiary/aromatic N) is 4. The van der Waals surface area contributed by atoms with Crippen LogP contribution >= 0.6 is 0 Å². The minimum atomic E-state index is -2.68. The number of halogens is 2. The lowest BCUT2D eigenvalue weighted by Gasteiger charge is -2.31. The van der Waals surface area contributed by atoms with E-state index < -0.39 is 17.4 Å². The molecule has 2 N–H and O–H groups in total. The van der Waals surface area contributed by atoms with Gasteiger partial charge in [-0.05, 0) is 50.1 Å². The van der Waals surface area contributed by atoms with Crippen molar-refractivity contribution in [3.63, 3.8) is 0 Å². The van der Waals surface area contributed by atoms with Crippen LogP contribution in [-0.2, 0) is 11.3 Å². The third kappa shape index (κ3) is 5.52. The third-order valence-electron chi connectivity index (χ3n) is 6.16. The van der Waals surface area contributed by atoms with Gasteiger partial charge in [0.1, 0.15) is 11.3 Å². The number of carbonyl (C=O) groups excluding carboxylic acids is 1. The summed E-state index contributed by atoms with van der Waals surface area (Å²) in [5.41, 5.74) is 2.84. The number of alkyl halides is 2. The minimum absolute atomic E-state index is 0.195. The Labute approximate surface area is 211 Å². The summed E-state index contributed by atoms with van der Waals surface area (Å²) < 4.78 is 38.8. The van der Waals surface area contributed by atoms with Gasteiger partial charge >= 0.3 is 0 Å². The molecular weight excluding hydrogens is 484 g/mol. The minimum Gasteiger partial charge on any atom is -0.388 e. The van der Waals surface area contributed by atoms with Crippen LogP contribution in [0.4, 0.5) is 14.5 Å². The van der Waals surface area contributed by atoms with E-state index in [-0.39, 0.29) is 37.1 Å². The summed E-state index contributed by atoms with van der Waals surface area (Å²) in [4.78, 5) is 21.7. The number of ether oxygens (including phenoxy) is 1. The number of aromatic nitrogens is 4. The summed E-state index contributed by atoms with van der Waals surface area (Å²) in [6.07, 6.45) is 2.65. The molecule has 194 valence electrons. The molecule has 0 unspecified atom stereocenters. The van der Waals surface area contributed by atoms with Crippen molar-refractivity contribution < 1.29 is 27.9 Å². The Morgan fingerprint density at radius 3 is 2.81 bits per heavy atom. The Balaban J connectivity index is 1.30. The molecule has 11 heteroatoms. The summed E-state index contributed by atoms with van der Waals surface area (Å²) in [5.74, 6) is -3.00. The second-order valence-corrected chi connectivity index (χ2v) is 10.1. The summed E-state index contributed by atoms with van der Waals surface area (Å²) in [7, 11) is 0. The molecule has 9 nitrogen and oxygen atoms in total. The summed E-state index contributed by atoms with van der Waals surface area (Å²) in [5, 5.41) is 16.6. The lowest BCUT2D eigenvalue weighted by Crippen LogP contribution is -2.33. The number of benzene rings is 1. The maximum absolute atomic E-state index is 13.2. The van der Waals surface area contributed by atoms with Crippen molar-refractivity contribution >= 4 is 17.2 Å². The number of rotatable bonds is 8. The van der Waals surface area contributed by atoms with Gasteiger partial charge in [0.2, 0.25) is 17.6 Å². The van der Waals surface area contributed by atoms with E-state index in [2.05, 4.69) is 20.4 Å². The molecule has 1 fully saturated rings. The highest BCUT2D eigenvalue weighted by molar-refractivity contribution is 6.04. The summed E-state index contributed by atoms with van der Waals surface area (Å²) in [6.45, 7) is 5.70. The molecule has 0 atom stereocenters. The summed E-state index contributed by atoms with van der Waals surface area (Å²) >= 11 is 0. The van der Waals surface area contributed by atoms with E-state index in [9.17, 15) is 18.7 Å². The Morgan fingerprint density at radius 1 is 1.30 bits per heavy atom. The van der Waals surface area contributed by atoms with Crippen LogP contribution in [0, 0.1) is 6.92 Å². The zero-order chi connectivity index (χ0) is 26.4. The van der Waals surface area contributed by atoms with Crippen LogP contribution in [0.15, 0.2) is 47.2 Å². The van der Waals surface area contributed by atoms with Gasteiger partial charge < -0.3 is 19.7 Å². The van der Waals surface area contributed by atoms with Crippen LogP contribution < -0.4 is 5.32 Å². The maximum atomic E-state index is 13.2. The number of hydrogen-bond acceptors (Lipinski definition) is 7. The van der Waals surface area contributed by atoms with Gasteiger partial charge in [0.05, 0.1) is 25.0 Å². The first kappa shape index (κ1) is 25.0. The van der Waals surface area contributed by atoms with Gasteiger partial charge in [-0.1, -0.05) is 17.3 Å². The number of nitrogens with one attached hydrogen (secondary N) is 1. The topological polar surface area (TPSA) is 115 Å². The second kappa shape index (κ2) is 9.31. The molecule has 1 aliphatic rings. The molecule has 1 amide bonds. The van der Waals surface area contributed by atoms with Gasteiger partial charge in [-0.3, -0.25) is 9.20 Å². The fraction of sp³-hybridized carbons (Fsp3) is 0.385. The first-order valence-electron chi connectivity index (χ1n) is 11.9. The number of fused-ring (bicyclic) bond motifs is 1. The maximum Gasteiger partial charge on any atom is 0.274 e. The van der Waals surface area contributed by atoms with Crippen molar-refractivity contribution in [2.45, 2.75) is 57.7 Å². The number of aryl methyl sites for hydroxylation is 1. The number of amides is 1. The van der Waals surface area contributed by atoms with E-state index in [1.165, 1.54) is 6.20 Å². The highest BCUT2D eigenvalue weighted by Gasteiger charge is 2.48. The number of imidazole rings is 1. The molecule has 37 heavy (non-hydrogen) atoms. The molecule has 1 aromatic carbocycles. The molecular formula is C26H27F2N5O4. The lowest BCUT2D eigenvalue weighted by atomic mass is 9.81. The quantitative estimate of drug-likeness (QED) is 0.351. The van der Waals surface area contributed by atoms with Gasteiger partial charge in [-0.25, -0.2) is 13.8 Å². The van der Waals surface area contributed by atoms with Crippen molar-refractivity contribution in [2.24, 2.45) is 0 Å². The van der Waals surface area contributed by atoms with Crippen LogP contribution in [0.5, 0.6) is 0 Å². The van der Waals surface area contributed by atoms with E-state index in [1.54, 1.807) is 36.6 Å². The van der Waals surface area contributed by atoms with Crippen molar-refractivity contribution in [1.29, 1.82) is 0 Å². The van der Waals surface area contributed by atoms with Crippen molar-refractivity contribution in [2.75, 3.05) is 11.9 Å². The van der Waals surface area contributed by atoms with Crippen molar-refractivity contribution in [3.8, 4) is 11.4 Å². The normalized spacial score (nSPS) is 15.6. The molecule has 0 aliphatic heterocycles. The molecule has 4 aromatic rings. The molecule has 0 saturated heterocycles. The zero-order valence-electron chi connectivity index (χ0n) is 20.7. The number of aliphatic hydroxyl groups is 1. The van der Waals surface area contributed by atoms with E-state index in [4.69, 9.17) is 9.26 Å². The van der Waals surface area contributed by atoms with Crippen LogP contribution in [0.2, 0.25) is 0 Å². The molecule has 3 heterocycles. The molecule has 3 aromatic heterocycles. The molecule has 5 rings (SSSR count). The average Bonchev–Trinajstić information content (AvgIpc) is 3.45. The molecule has 0 radical (unpaired) electrons. The van der Waals surface area contributed by atoms with Gasteiger partial charge in [-0.2, -0.15) is 4.98 Å². The fourth-order valence-corrected chi connectivity index (χ4v) is 4.14. The van der Waals surface area contributed by atoms with Gasteiger partial charge in [0, 0.05) is 36.2 Å². The predicted molar refractivity (Wildman–Crippen MR) is 130 cm³/mol. The Morgan fingerprint density at radius 2 is 2.08 bits per heavy atom. The third-order valence-corrected chi connectivity index (χ3v) is 6.16. The van der Waals surface area contributed by atoms with Gasteiger partial charge in [-0.15, -0.1) is 0 Å². The largest absolute Gasteiger partial charge is 0.388 e. The average molecular weight is 512 g/mol. The molecule has 0 spiro atoms. The number of anilines is 1. The van der Waals surface area contributed by atoms with Crippen LogP contribution in [0.1, 0.15) is 60.1 Å². The zero-order valence-corrected chi connectivity index (χ0v) is 20.7. The first-order chi connectivity index (χ1) is 17.5.